The van der Waals surface area contributed by atoms with Crippen LogP contribution in [0.1, 0.15) is 38.9 Å². The number of ether oxygens (including phenoxy) is 1. The summed E-state index contributed by atoms with van der Waals surface area (Å²) >= 11 is 0. The zero-order valence-electron chi connectivity index (χ0n) is 22.5. The molecule has 3 aromatic carbocycles. The van der Waals surface area contributed by atoms with E-state index in [0.29, 0.717) is 18.7 Å². The number of benzene rings is 3. The Morgan fingerprint density at radius 3 is 2.33 bits per heavy atom. The Morgan fingerprint density at radius 1 is 0.974 bits per heavy atom. The number of aromatic carboxylic acids is 1. The normalized spacial score (nSPS) is 12.7. The number of nitrogens with zero attached hydrogens (tertiary/aromatic N) is 2. The molecule has 1 aromatic heterocycles. The number of nitrogens with one attached hydrogen (secondary N) is 1. The van der Waals surface area contributed by atoms with Crippen LogP contribution >= 0.6 is 0 Å². The van der Waals surface area contributed by atoms with Gasteiger partial charge in [-0.25, -0.2) is 4.79 Å². The van der Waals surface area contributed by atoms with Gasteiger partial charge < -0.3 is 29.7 Å². The van der Waals surface area contributed by atoms with Gasteiger partial charge in [-0.1, -0.05) is 36.4 Å². The molecule has 0 aliphatic carbocycles. The molecule has 1 heterocycles. The standard InChI is InChI=1S/C31H35N3O5/c1-21(32-18-26(35)20-39-27-7-5-4-6-8-27)15-23-11-14-28-25(16-23)17-29(31(37)38)34(28)19-22-9-12-24(13-10-22)30(36)33(2)3/h4-14,16-17,21,26,32,35H,15,18-20H2,1-3H3,(H,37,38)/t21?,26-/m0/s1. The van der Waals surface area contributed by atoms with Gasteiger partial charge in [-0.2, -0.15) is 0 Å². The number of aromatic nitrogens is 1. The molecule has 39 heavy (non-hydrogen) atoms. The molecule has 1 amide bonds. The van der Waals surface area contributed by atoms with Crippen LogP contribution in [0.15, 0.2) is 78.9 Å². The molecule has 0 bridgehead atoms. The summed E-state index contributed by atoms with van der Waals surface area (Å²) in [5.41, 5.74) is 3.60. The summed E-state index contributed by atoms with van der Waals surface area (Å²) in [5.74, 6) is -0.346. The van der Waals surface area contributed by atoms with Crippen LogP contribution in [0.4, 0.5) is 0 Å². The summed E-state index contributed by atoms with van der Waals surface area (Å²) in [6.07, 6.45) is 0.0781. The second-order valence-electron chi connectivity index (χ2n) is 10.0. The highest BCUT2D eigenvalue weighted by atomic mass is 16.5. The average molecular weight is 530 g/mol. The highest BCUT2D eigenvalue weighted by molar-refractivity contribution is 5.95. The van der Waals surface area contributed by atoms with Crippen LogP contribution in [0.25, 0.3) is 10.9 Å². The summed E-state index contributed by atoms with van der Waals surface area (Å²) in [6.45, 7) is 3.03. The van der Waals surface area contributed by atoms with Gasteiger partial charge in [-0.05, 0) is 66.9 Å². The highest BCUT2D eigenvalue weighted by Gasteiger charge is 2.17. The summed E-state index contributed by atoms with van der Waals surface area (Å²) < 4.78 is 7.40. The number of rotatable bonds is 12. The van der Waals surface area contributed by atoms with Crippen molar-refractivity contribution in [1.82, 2.24) is 14.8 Å². The molecule has 0 saturated heterocycles. The molecular formula is C31H35N3O5. The SMILES string of the molecule is CC(Cc1ccc2c(c1)cc(C(=O)O)n2Cc1ccc(C(=O)N(C)C)cc1)NC[C@H](O)COc1ccccc1. The molecule has 0 saturated carbocycles. The highest BCUT2D eigenvalue weighted by Crippen LogP contribution is 2.24. The molecule has 8 heteroatoms. The molecule has 0 fully saturated rings. The lowest BCUT2D eigenvalue weighted by molar-refractivity contribution is 0.0685. The van der Waals surface area contributed by atoms with E-state index in [1.807, 2.05) is 67.6 Å². The summed E-state index contributed by atoms with van der Waals surface area (Å²) in [7, 11) is 3.41. The number of aliphatic hydroxyl groups excluding tert-OH is 1. The first kappa shape index (κ1) is 27.9. The van der Waals surface area contributed by atoms with E-state index in [9.17, 15) is 19.8 Å². The number of carbonyl (C=O) groups is 2. The largest absolute Gasteiger partial charge is 0.491 e. The topological polar surface area (TPSA) is 104 Å². The van der Waals surface area contributed by atoms with Gasteiger partial charge in [0.05, 0.1) is 0 Å². The van der Waals surface area contributed by atoms with Crippen LogP contribution < -0.4 is 10.1 Å². The summed E-state index contributed by atoms with van der Waals surface area (Å²) in [5, 5.41) is 24.3. The number of hydrogen-bond acceptors (Lipinski definition) is 5. The smallest absolute Gasteiger partial charge is 0.352 e. The van der Waals surface area contributed by atoms with Gasteiger partial charge in [0.15, 0.2) is 0 Å². The second-order valence-corrected chi connectivity index (χ2v) is 10.0. The van der Waals surface area contributed by atoms with Crippen molar-refractivity contribution in [2.24, 2.45) is 0 Å². The fourth-order valence-electron chi connectivity index (χ4n) is 4.52. The Bertz CT molecular complexity index is 1410. The maximum absolute atomic E-state index is 12.2. The van der Waals surface area contributed by atoms with Crippen molar-refractivity contribution < 1.29 is 24.5 Å². The molecule has 4 aromatic rings. The van der Waals surface area contributed by atoms with Crippen LogP contribution in [0.2, 0.25) is 0 Å². The first-order valence-corrected chi connectivity index (χ1v) is 13.0. The van der Waals surface area contributed by atoms with Crippen LogP contribution in [-0.4, -0.2) is 70.9 Å². The van der Waals surface area contributed by atoms with Gasteiger partial charge in [0.2, 0.25) is 0 Å². The minimum Gasteiger partial charge on any atom is -0.491 e. The van der Waals surface area contributed by atoms with E-state index in [-0.39, 0.29) is 24.2 Å². The van der Waals surface area contributed by atoms with Crippen molar-refractivity contribution >= 4 is 22.8 Å². The third-order valence-electron chi connectivity index (χ3n) is 6.56. The van der Waals surface area contributed by atoms with E-state index in [4.69, 9.17) is 4.74 Å². The lowest BCUT2D eigenvalue weighted by atomic mass is 10.0. The molecule has 0 aliphatic heterocycles. The van der Waals surface area contributed by atoms with Crippen molar-refractivity contribution in [3.05, 3.63) is 101 Å². The predicted octanol–water partition coefficient (Wildman–Crippen LogP) is 4.05. The summed E-state index contributed by atoms with van der Waals surface area (Å²) in [4.78, 5) is 25.7. The van der Waals surface area contributed by atoms with Crippen LogP contribution in [0.3, 0.4) is 0 Å². The molecule has 3 N–H and O–H groups in total. The van der Waals surface area contributed by atoms with Gasteiger partial charge in [0.1, 0.15) is 24.2 Å². The molecule has 0 spiro atoms. The molecule has 0 radical (unpaired) electrons. The molecular weight excluding hydrogens is 494 g/mol. The number of amides is 1. The van der Waals surface area contributed by atoms with E-state index in [2.05, 4.69) is 5.32 Å². The number of hydrogen-bond donors (Lipinski definition) is 3. The van der Waals surface area contributed by atoms with Gasteiger partial charge >= 0.3 is 5.97 Å². The number of carboxylic acids is 1. The molecule has 204 valence electrons. The Hall–Kier alpha value is -4.14. The fourth-order valence-corrected chi connectivity index (χ4v) is 4.52. The zero-order valence-corrected chi connectivity index (χ0v) is 22.5. The molecule has 4 rings (SSSR count). The number of aliphatic hydroxyl groups is 1. The van der Waals surface area contributed by atoms with Crippen LogP contribution in [0.5, 0.6) is 5.75 Å². The van der Waals surface area contributed by atoms with Crippen molar-refractivity contribution in [3.63, 3.8) is 0 Å². The number of carboxylic acid groups (broad SMARTS) is 1. The van der Waals surface area contributed by atoms with Crippen LogP contribution in [-0.2, 0) is 13.0 Å². The van der Waals surface area contributed by atoms with E-state index in [0.717, 1.165) is 34.2 Å². The maximum atomic E-state index is 12.2. The lowest BCUT2D eigenvalue weighted by Crippen LogP contribution is -2.37. The van der Waals surface area contributed by atoms with Crippen molar-refractivity contribution in [2.45, 2.75) is 32.0 Å². The quantitative estimate of drug-likeness (QED) is 0.256. The lowest BCUT2D eigenvalue weighted by Gasteiger charge is -2.18. The minimum absolute atomic E-state index is 0.0783. The number of para-hydroxylation sites is 1. The van der Waals surface area contributed by atoms with E-state index in [1.54, 1.807) is 36.9 Å². The van der Waals surface area contributed by atoms with Crippen molar-refractivity contribution in [3.8, 4) is 5.75 Å². The predicted molar refractivity (Wildman–Crippen MR) is 152 cm³/mol. The molecule has 1 unspecified atom stereocenters. The number of fused-ring (bicyclic) bond motifs is 1. The van der Waals surface area contributed by atoms with Crippen molar-refractivity contribution in [1.29, 1.82) is 0 Å². The third-order valence-corrected chi connectivity index (χ3v) is 6.56. The number of carbonyl (C=O) groups excluding carboxylic acids is 1. The first-order valence-electron chi connectivity index (χ1n) is 13.0. The zero-order chi connectivity index (χ0) is 27.9. The van der Waals surface area contributed by atoms with E-state index >= 15 is 0 Å². The van der Waals surface area contributed by atoms with Crippen molar-refractivity contribution in [2.75, 3.05) is 27.2 Å². The van der Waals surface area contributed by atoms with Gasteiger partial charge in [0, 0.05) is 49.7 Å². The molecule has 8 nitrogen and oxygen atoms in total. The molecule has 2 atom stereocenters. The fraction of sp³-hybridized carbons (Fsp3) is 0.290. The minimum atomic E-state index is -0.992. The Balaban J connectivity index is 1.40. The van der Waals surface area contributed by atoms with Gasteiger partial charge in [-0.3, -0.25) is 4.79 Å². The third kappa shape index (κ3) is 7.25. The van der Waals surface area contributed by atoms with Gasteiger partial charge in [-0.15, -0.1) is 0 Å². The first-order chi connectivity index (χ1) is 18.7. The van der Waals surface area contributed by atoms with E-state index in [1.165, 1.54) is 4.90 Å². The van der Waals surface area contributed by atoms with Gasteiger partial charge in [0.25, 0.3) is 5.91 Å². The van der Waals surface area contributed by atoms with Crippen LogP contribution in [0, 0.1) is 0 Å². The average Bonchev–Trinajstić information content (AvgIpc) is 3.29. The van der Waals surface area contributed by atoms with E-state index < -0.39 is 12.1 Å². The second kappa shape index (κ2) is 12.6. The molecule has 0 aliphatic rings. The maximum Gasteiger partial charge on any atom is 0.352 e. The Morgan fingerprint density at radius 2 is 1.67 bits per heavy atom. The Kier molecular flexibility index (Phi) is 9.01. The Labute approximate surface area is 228 Å². The monoisotopic (exact) mass is 529 g/mol. The summed E-state index contributed by atoms with van der Waals surface area (Å²) in [6, 6.07) is 24.4.